The maximum atomic E-state index is 14.4. The van der Waals surface area contributed by atoms with Gasteiger partial charge < -0.3 is 4.90 Å². The smallest absolute Gasteiger partial charge is 0.269 e. The van der Waals surface area contributed by atoms with Crippen LogP contribution in [-0.2, 0) is 0 Å². The average molecular weight is 371 g/mol. The van der Waals surface area contributed by atoms with Gasteiger partial charge in [0, 0.05) is 49.9 Å². The molecule has 7 heteroatoms. The summed E-state index contributed by atoms with van der Waals surface area (Å²) in [4.78, 5) is 26.2. The van der Waals surface area contributed by atoms with Crippen LogP contribution in [0.3, 0.4) is 0 Å². The van der Waals surface area contributed by atoms with Crippen LogP contribution in [0, 0.1) is 15.9 Å². The van der Waals surface area contributed by atoms with Crippen molar-refractivity contribution < 1.29 is 14.1 Å². The van der Waals surface area contributed by atoms with Crippen molar-refractivity contribution in [3.05, 3.63) is 69.5 Å². The number of ketones is 1. The molecule has 0 N–H and O–H groups in total. The Hall–Kier alpha value is -2.80. The number of carbonyl (C=O) groups excluding carboxylic acids is 1. The number of nitro groups is 1. The van der Waals surface area contributed by atoms with Gasteiger partial charge in [-0.25, -0.2) is 4.39 Å². The molecule has 3 rings (SSSR count). The Bertz CT molecular complexity index is 863. The van der Waals surface area contributed by atoms with Crippen molar-refractivity contribution >= 4 is 17.2 Å². The van der Waals surface area contributed by atoms with E-state index >= 15 is 0 Å². The number of nitrogens with zero attached hydrogens (tertiary/aromatic N) is 3. The van der Waals surface area contributed by atoms with Gasteiger partial charge in [-0.1, -0.05) is 12.1 Å². The van der Waals surface area contributed by atoms with E-state index in [1.165, 1.54) is 19.1 Å². The quantitative estimate of drug-likeness (QED) is 0.454. The summed E-state index contributed by atoms with van der Waals surface area (Å²) in [6, 6.07) is 11.3. The number of rotatable bonds is 5. The standard InChI is InChI=1S/C20H22FN3O3/c1-14(16-4-3-5-18(12-16)24(26)27)22-8-10-23(11-9-22)20-7-6-17(15(2)25)13-19(20)21/h3-7,12-14H,8-11H2,1-2H3. The number of anilines is 1. The molecule has 1 atom stereocenters. The second kappa shape index (κ2) is 7.84. The molecule has 142 valence electrons. The molecular formula is C20H22FN3O3. The molecule has 0 saturated carbocycles. The third-order valence-electron chi connectivity index (χ3n) is 5.12. The number of carbonyl (C=O) groups is 1. The number of halogens is 1. The van der Waals surface area contributed by atoms with Crippen LogP contribution in [0.2, 0.25) is 0 Å². The van der Waals surface area contributed by atoms with Crippen LogP contribution in [0.25, 0.3) is 0 Å². The first-order chi connectivity index (χ1) is 12.9. The molecule has 1 saturated heterocycles. The fraction of sp³-hybridized carbons (Fsp3) is 0.350. The van der Waals surface area contributed by atoms with Crippen molar-refractivity contribution in [1.82, 2.24) is 4.90 Å². The Morgan fingerprint density at radius 2 is 1.85 bits per heavy atom. The Morgan fingerprint density at radius 1 is 1.15 bits per heavy atom. The summed E-state index contributed by atoms with van der Waals surface area (Å²) in [6.07, 6.45) is 0. The normalized spacial score (nSPS) is 16.2. The summed E-state index contributed by atoms with van der Waals surface area (Å²) >= 11 is 0. The molecule has 1 unspecified atom stereocenters. The molecule has 2 aromatic carbocycles. The zero-order valence-corrected chi connectivity index (χ0v) is 15.4. The highest BCUT2D eigenvalue weighted by molar-refractivity contribution is 5.94. The Morgan fingerprint density at radius 3 is 2.44 bits per heavy atom. The lowest BCUT2D eigenvalue weighted by molar-refractivity contribution is -0.385. The zero-order valence-electron chi connectivity index (χ0n) is 15.4. The fourth-order valence-corrected chi connectivity index (χ4v) is 3.44. The SMILES string of the molecule is CC(=O)c1ccc(N2CCN(C(C)c3cccc([N+](=O)[O-])c3)CC2)c(F)c1. The van der Waals surface area contributed by atoms with Crippen LogP contribution in [0.15, 0.2) is 42.5 Å². The van der Waals surface area contributed by atoms with Gasteiger partial charge in [0.05, 0.1) is 10.6 Å². The molecular weight excluding hydrogens is 349 g/mol. The molecule has 2 aromatic rings. The van der Waals surface area contributed by atoms with E-state index in [2.05, 4.69) is 4.90 Å². The summed E-state index contributed by atoms with van der Waals surface area (Å²) in [5.41, 5.74) is 1.86. The fourth-order valence-electron chi connectivity index (χ4n) is 3.44. The molecule has 1 aliphatic heterocycles. The first kappa shape index (κ1) is 19.0. The summed E-state index contributed by atoms with van der Waals surface area (Å²) in [5.74, 6) is -0.543. The first-order valence-electron chi connectivity index (χ1n) is 8.90. The molecule has 0 spiro atoms. The first-order valence-corrected chi connectivity index (χ1v) is 8.90. The van der Waals surface area contributed by atoms with Crippen molar-refractivity contribution in [1.29, 1.82) is 0 Å². The minimum Gasteiger partial charge on any atom is -0.367 e. The van der Waals surface area contributed by atoms with Crippen LogP contribution < -0.4 is 4.90 Å². The van der Waals surface area contributed by atoms with Crippen molar-refractivity contribution in [2.24, 2.45) is 0 Å². The van der Waals surface area contributed by atoms with Crippen LogP contribution in [0.1, 0.15) is 35.8 Å². The predicted molar refractivity (Wildman–Crippen MR) is 102 cm³/mol. The molecule has 0 amide bonds. The van der Waals surface area contributed by atoms with Crippen LogP contribution in [-0.4, -0.2) is 41.8 Å². The van der Waals surface area contributed by atoms with Crippen molar-refractivity contribution in [3.8, 4) is 0 Å². The lowest BCUT2D eigenvalue weighted by Crippen LogP contribution is -2.47. The summed E-state index contributed by atoms with van der Waals surface area (Å²) in [7, 11) is 0. The van der Waals surface area contributed by atoms with Crippen molar-refractivity contribution in [3.63, 3.8) is 0 Å². The van der Waals surface area contributed by atoms with Gasteiger partial charge in [0.1, 0.15) is 5.82 Å². The highest BCUT2D eigenvalue weighted by Gasteiger charge is 2.24. The summed E-state index contributed by atoms with van der Waals surface area (Å²) < 4.78 is 14.4. The average Bonchev–Trinajstić information content (AvgIpc) is 2.67. The monoisotopic (exact) mass is 371 g/mol. The number of Topliss-reactive ketones (excluding diaryl/α,β-unsaturated/α-hetero) is 1. The van der Waals surface area contributed by atoms with E-state index < -0.39 is 0 Å². The van der Waals surface area contributed by atoms with E-state index in [1.54, 1.807) is 24.3 Å². The van der Waals surface area contributed by atoms with Crippen molar-refractivity contribution in [2.45, 2.75) is 19.9 Å². The van der Waals surface area contributed by atoms with Gasteiger partial charge in [-0.05, 0) is 37.6 Å². The molecule has 0 radical (unpaired) electrons. The lowest BCUT2D eigenvalue weighted by atomic mass is 10.0. The van der Waals surface area contributed by atoms with Crippen molar-refractivity contribution in [2.75, 3.05) is 31.1 Å². The van der Waals surface area contributed by atoms with E-state index in [-0.39, 0.29) is 28.3 Å². The highest BCUT2D eigenvalue weighted by Crippen LogP contribution is 2.27. The number of benzene rings is 2. The van der Waals surface area contributed by atoms with Gasteiger partial charge >= 0.3 is 0 Å². The zero-order chi connectivity index (χ0) is 19.6. The number of hydrogen-bond donors (Lipinski definition) is 0. The van der Waals surface area contributed by atoms with E-state index in [0.29, 0.717) is 24.3 Å². The van der Waals surface area contributed by atoms with Gasteiger partial charge in [0.2, 0.25) is 0 Å². The van der Waals surface area contributed by atoms with E-state index in [9.17, 15) is 19.3 Å². The molecule has 0 bridgehead atoms. The Labute approximate surface area is 157 Å². The number of nitro benzene ring substituents is 1. The largest absolute Gasteiger partial charge is 0.367 e. The minimum absolute atomic E-state index is 0.0389. The minimum atomic E-state index is -0.387. The van der Waals surface area contributed by atoms with Gasteiger partial charge in [0.25, 0.3) is 5.69 Å². The maximum Gasteiger partial charge on any atom is 0.269 e. The van der Waals surface area contributed by atoms with Gasteiger partial charge in [0.15, 0.2) is 5.78 Å². The van der Waals surface area contributed by atoms with Crippen LogP contribution >= 0.6 is 0 Å². The lowest BCUT2D eigenvalue weighted by Gasteiger charge is -2.39. The highest BCUT2D eigenvalue weighted by atomic mass is 19.1. The van der Waals surface area contributed by atoms with Crippen LogP contribution in [0.4, 0.5) is 15.8 Å². The molecule has 27 heavy (non-hydrogen) atoms. The molecule has 0 aliphatic carbocycles. The molecule has 0 aromatic heterocycles. The predicted octanol–water partition coefficient (Wildman–Crippen LogP) is 3.82. The van der Waals surface area contributed by atoms with E-state index in [0.717, 1.165) is 18.7 Å². The topological polar surface area (TPSA) is 66.7 Å². The second-order valence-electron chi connectivity index (χ2n) is 6.77. The number of non-ortho nitro benzene ring substituents is 1. The second-order valence-corrected chi connectivity index (χ2v) is 6.77. The Kier molecular flexibility index (Phi) is 5.51. The molecule has 1 fully saturated rings. The van der Waals surface area contributed by atoms with Crippen LogP contribution in [0.5, 0.6) is 0 Å². The molecule has 6 nitrogen and oxygen atoms in total. The number of piperazine rings is 1. The molecule has 1 heterocycles. The van der Waals surface area contributed by atoms with E-state index in [4.69, 9.17) is 0 Å². The third-order valence-corrected chi connectivity index (χ3v) is 5.12. The van der Waals surface area contributed by atoms with E-state index in [1.807, 2.05) is 17.9 Å². The number of hydrogen-bond acceptors (Lipinski definition) is 5. The van der Waals surface area contributed by atoms with Gasteiger partial charge in [-0.15, -0.1) is 0 Å². The molecule has 1 aliphatic rings. The summed E-state index contributed by atoms with van der Waals surface area (Å²) in [5, 5.41) is 11.0. The maximum absolute atomic E-state index is 14.4. The summed E-state index contributed by atoms with van der Waals surface area (Å²) in [6.45, 7) is 6.18. The Balaban J connectivity index is 1.67. The van der Waals surface area contributed by atoms with Gasteiger partial charge in [-0.2, -0.15) is 0 Å². The van der Waals surface area contributed by atoms with Gasteiger partial charge in [-0.3, -0.25) is 19.8 Å². The third kappa shape index (κ3) is 4.14.